The number of nitrogens with zero attached hydrogens (tertiary/aromatic N) is 2. The Morgan fingerprint density at radius 1 is 1.03 bits per heavy atom. The summed E-state index contributed by atoms with van der Waals surface area (Å²) in [6, 6.07) is 14.8. The number of carbonyl (C=O) groups is 1. The smallest absolute Gasteiger partial charge is 0.317 e. The van der Waals surface area contributed by atoms with Crippen LogP contribution in [0.3, 0.4) is 0 Å². The SMILES string of the molecule is CC(C)COc1cccc(-c2ccc3c(c2)N(CC(C)C)CCN(CC(=O)O)C3)c1. The van der Waals surface area contributed by atoms with Crippen LogP contribution in [0, 0.1) is 11.8 Å². The number of carboxylic acids is 1. The van der Waals surface area contributed by atoms with Crippen LogP contribution >= 0.6 is 0 Å². The van der Waals surface area contributed by atoms with Crippen molar-refractivity contribution in [1.29, 1.82) is 0 Å². The van der Waals surface area contributed by atoms with Crippen molar-refractivity contribution in [3.8, 4) is 16.9 Å². The maximum atomic E-state index is 11.3. The van der Waals surface area contributed by atoms with Gasteiger partial charge in [-0.05, 0) is 46.7 Å². The third-order valence-electron chi connectivity index (χ3n) is 5.20. The van der Waals surface area contributed by atoms with Crippen LogP contribution in [-0.4, -0.2) is 48.8 Å². The summed E-state index contributed by atoms with van der Waals surface area (Å²) in [4.78, 5) is 15.7. The highest BCUT2D eigenvalue weighted by Crippen LogP contribution is 2.32. The second-order valence-electron chi connectivity index (χ2n) is 9.02. The molecule has 1 aliphatic rings. The van der Waals surface area contributed by atoms with Crippen LogP contribution in [0.2, 0.25) is 0 Å². The molecule has 0 atom stereocenters. The van der Waals surface area contributed by atoms with E-state index in [9.17, 15) is 9.90 Å². The first-order valence-electron chi connectivity index (χ1n) is 10.9. The van der Waals surface area contributed by atoms with Crippen molar-refractivity contribution in [2.24, 2.45) is 11.8 Å². The number of aliphatic carboxylic acids is 1. The van der Waals surface area contributed by atoms with E-state index < -0.39 is 5.97 Å². The number of hydrogen-bond acceptors (Lipinski definition) is 4. The number of anilines is 1. The van der Waals surface area contributed by atoms with Gasteiger partial charge in [0.1, 0.15) is 5.75 Å². The predicted molar refractivity (Wildman–Crippen MR) is 122 cm³/mol. The summed E-state index contributed by atoms with van der Waals surface area (Å²) in [5.41, 5.74) is 4.69. The topological polar surface area (TPSA) is 53.0 Å². The highest BCUT2D eigenvalue weighted by Gasteiger charge is 2.22. The molecule has 2 aromatic rings. The van der Waals surface area contributed by atoms with E-state index >= 15 is 0 Å². The second kappa shape index (κ2) is 9.98. The molecule has 0 radical (unpaired) electrons. The first-order chi connectivity index (χ1) is 14.3. The van der Waals surface area contributed by atoms with Crippen molar-refractivity contribution in [3.05, 3.63) is 48.0 Å². The van der Waals surface area contributed by atoms with Crippen molar-refractivity contribution in [1.82, 2.24) is 4.90 Å². The summed E-state index contributed by atoms with van der Waals surface area (Å²) in [6.45, 7) is 12.7. The van der Waals surface area contributed by atoms with Crippen LogP contribution in [0.4, 0.5) is 5.69 Å². The molecule has 1 heterocycles. The molecule has 3 rings (SSSR count). The number of hydrogen-bond donors (Lipinski definition) is 1. The van der Waals surface area contributed by atoms with E-state index in [-0.39, 0.29) is 6.54 Å². The van der Waals surface area contributed by atoms with Gasteiger partial charge in [-0.3, -0.25) is 9.69 Å². The minimum absolute atomic E-state index is 0.0753. The third-order valence-corrected chi connectivity index (χ3v) is 5.20. The summed E-state index contributed by atoms with van der Waals surface area (Å²) in [5, 5.41) is 9.25. The van der Waals surface area contributed by atoms with Gasteiger partial charge >= 0.3 is 5.97 Å². The van der Waals surface area contributed by atoms with Gasteiger partial charge in [-0.2, -0.15) is 0 Å². The Bertz CT molecular complexity index is 863. The van der Waals surface area contributed by atoms with Crippen molar-refractivity contribution >= 4 is 11.7 Å². The molecule has 5 heteroatoms. The largest absolute Gasteiger partial charge is 0.493 e. The fourth-order valence-electron chi connectivity index (χ4n) is 3.86. The Morgan fingerprint density at radius 2 is 1.80 bits per heavy atom. The molecule has 0 saturated carbocycles. The van der Waals surface area contributed by atoms with Crippen molar-refractivity contribution < 1.29 is 14.6 Å². The molecule has 0 spiro atoms. The lowest BCUT2D eigenvalue weighted by molar-refractivity contribution is -0.138. The molecule has 0 aliphatic carbocycles. The first-order valence-corrected chi connectivity index (χ1v) is 10.9. The van der Waals surface area contributed by atoms with Gasteiger partial charge in [0.15, 0.2) is 0 Å². The maximum Gasteiger partial charge on any atom is 0.317 e. The van der Waals surface area contributed by atoms with E-state index in [0.717, 1.165) is 36.5 Å². The predicted octanol–water partition coefficient (Wildman–Crippen LogP) is 4.75. The summed E-state index contributed by atoms with van der Waals surface area (Å²) in [6.07, 6.45) is 0. The molecule has 162 valence electrons. The average Bonchev–Trinajstić information content (AvgIpc) is 2.84. The maximum absolute atomic E-state index is 11.3. The number of carboxylic acid groups (broad SMARTS) is 1. The molecular weight excluding hydrogens is 376 g/mol. The molecule has 1 aliphatic heterocycles. The Morgan fingerprint density at radius 3 is 2.50 bits per heavy atom. The highest BCUT2D eigenvalue weighted by atomic mass is 16.5. The van der Waals surface area contributed by atoms with Crippen molar-refractivity contribution in [2.75, 3.05) is 37.7 Å². The Labute approximate surface area is 180 Å². The van der Waals surface area contributed by atoms with Gasteiger partial charge in [-0.25, -0.2) is 0 Å². The molecule has 0 aromatic heterocycles. The summed E-state index contributed by atoms with van der Waals surface area (Å²) in [5.74, 6) is 1.13. The van der Waals surface area contributed by atoms with Crippen LogP contribution in [0.15, 0.2) is 42.5 Å². The molecule has 0 bridgehead atoms. The third kappa shape index (κ3) is 5.99. The molecule has 0 unspecified atom stereocenters. The average molecular weight is 411 g/mol. The second-order valence-corrected chi connectivity index (χ2v) is 9.02. The molecule has 30 heavy (non-hydrogen) atoms. The highest BCUT2D eigenvalue weighted by molar-refractivity contribution is 5.72. The Balaban J connectivity index is 1.91. The van der Waals surface area contributed by atoms with Gasteiger partial charge in [-0.1, -0.05) is 52.0 Å². The number of benzene rings is 2. The molecule has 0 amide bonds. The summed E-state index contributed by atoms with van der Waals surface area (Å²) < 4.78 is 5.91. The summed E-state index contributed by atoms with van der Waals surface area (Å²) in [7, 11) is 0. The lowest BCUT2D eigenvalue weighted by Gasteiger charge is -2.27. The van der Waals surface area contributed by atoms with Gasteiger partial charge in [0, 0.05) is 31.9 Å². The van der Waals surface area contributed by atoms with Crippen LogP contribution in [0.1, 0.15) is 33.3 Å². The summed E-state index contributed by atoms with van der Waals surface area (Å²) >= 11 is 0. The lowest BCUT2D eigenvalue weighted by atomic mass is 10.0. The van der Waals surface area contributed by atoms with E-state index in [1.54, 1.807) is 0 Å². The van der Waals surface area contributed by atoms with Crippen molar-refractivity contribution in [2.45, 2.75) is 34.2 Å². The standard InChI is InChI=1S/C25H34N2O3/c1-18(2)14-27-11-10-26(16-25(28)29)15-22-9-8-21(13-24(22)27)20-6-5-7-23(12-20)30-17-19(3)4/h5-9,12-13,18-19H,10-11,14-17H2,1-4H3,(H,28,29). The zero-order valence-corrected chi connectivity index (χ0v) is 18.6. The first kappa shape index (κ1) is 22.2. The van der Waals surface area contributed by atoms with Crippen molar-refractivity contribution in [3.63, 3.8) is 0 Å². The zero-order valence-electron chi connectivity index (χ0n) is 18.6. The monoisotopic (exact) mass is 410 g/mol. The van der Waals surface area contributed by atoms with Crippen LogP contribution in [0.5, 0.6) is 5.75 Å². The van der Waals surface area contributed by atoms with E-state index in [1.807, 2.05) is 17.0 Å². The molecule has 0 saturated heterocycles. The van der Waals surface area contributed by atoms with Gasteiger partial charge in [0.2, 0.25) is 0 Å². The molecule has 0 fully saturated rings. The number of rotatable bonds is 8. The van der Waals surface area contributed by atoms with E-state index in [1.165, 1.54) is 11.3 Å². The fraction of sp³-hybridized carbons (Fsp3) is 0.480. The van der Waals surface area contributed by atoms with E-state index in [4.69, 9.17) is 4.74 Å². The van der Waals surface area contributed by atoms with Crippen LogP contribution in [-0.2, 0) is 11.3 Å². The van der Waals surface area contributed by atoms with Gasteiger partial charge in [0.05, 0.1) is 13.2 Å². The minimum Gasteiger partial charge on any atom is -0.493 e. The molecule has 5 nitrogen and oxygen atoms in total. The van der Waals surface area contributed by atoms with Gasteiger partial charge < -0.3 is 14.7 Å². The quantitative estimate of drug-likeness (QED) is 0.681. The van der Waals surface area contributed by atoms with Gasteiger partial charge in [0.25, 0.3) is 0 Å². The molecule has 1 N–H and O–H groups in total. The van der Waals surface area contributed by atoms with Gasteiger partial charge in [-0.15, -0.1) is 0 Å². The normalized spacial score (nSPS) is 14.7. The number of fused-ring (bicyclic) bond motifs is 1. The number of ether oxygens (including phenoxy) is 1. The van der Waals surface area contributed by atoms with E-state index in [0.29, 0.717) is 25.0 Å². The minimum atomic E-state index is -0.774. The zero-order chi connectivity index (χ0) is 21.7. The van der Waals surface area contributed by atoms with Crippen LogP contribution < -0.4 is 9.64 Å². The lowest BCUT2D eigenvalue weighted by Crippen LogP contribution is -2.35. The molecular formula is C25H34N2O3. The van der Waals surface area contributed by atoms with E-state index in [2.05, 4.69) is 62.9 Å². The Kier molecular flexibility index (Phi) is 7.38. The molecule has 2 aromatic carbocycles. The fourth-order valence-corrected chi connectivity index (χ4v) is 3.86. The Hall–Kier alpha value is -2.53. The van der Waals surface area contributed by atoms with Crippen LogP contribution in [0.25, 0.3) is 11.1 Å².